The van der Waals surface area contributed by atoms with E-state index in [1.807, 2.05) is 14.1 Å². The summed E-state index contributed by atoms with van der Waals surface area (Å²) in [6.45, 7) is 1.93. The molecule has 8 nitrogen and oxygen atoms in total. The predicted molar refractivity (Wildman–Crippen MR) is 140 cm³/mol. The van der Waals surface area contributed by atoms with Gasteiger partial charge in [-0.15, -0.1) is 0 Å². The van der Waals surface area contributed by atoms with Gasteiger partial charge in [-0.3, -0.25) is 14.7 Å². The summed E-state index contributed by atoms with van der Waals surface area (Å²) in [4.78, 5) is 25.5. The predicted octanol–water partition coefficient (Wildman–Crippen LogP) is 3.93. The number of nitrogens with one attached hydrogen (secondary N) is 1. The highest BCUT2D eigenvalue weighted by atomic mass is 19.4. The van der Waals surface area contributed by atoms with Crippen LogP contribution in [0.4, 0.5) is 18.9 Å². The number of likely N-dealkylation sites (tertiary alicyclic amines) is 1. The van der Waals surface area contributed by atoms with Gasteiger partial charge in [0, 0.05) is 55.5 Å². The Kier molecular flexibility index (Phi) is 7.32. The van der Waals surface area contributed by atoms with E-state index in [0.717, 1.165) is 31.6 Å². The lowest BCUT2D eigenvalue weighted by Gasteiger charge is -2.21. The number of halogens is 3. The number of likely N-dealkylation sites (N-methyl/N-ethyl adjacent to an activating group) is 1. The van der Waals surface area contributed by atoms with Crippen LogP contribution in [0.1, 0.15) is 39.2 Å². The van der Waals surface area contributed by atoms with Crippen molar-refractivity contribution in [2.75, 3.05) is 32.5 Å². The molecule has 3 aromatic heterocycles. The van der Waals surface area contributed by atoms with Gasteiger partial charge in [0.15, 0.2) is 5.65 Å². The number of pyridine rings is 1. The second-order valence-corrected chi connectivity index (χ2v) is 9.66. The zero-order chi connectivity index (χ0) is 27.6. The van der Waals surface area contributed by atoms with Gasteiger partial charge < -0.3 is 10.2 Å². The molecule has 1 aliphatic heterocycles. The number of carbonyl (C=O) groups is 1. The highest BCUT2D eigenvalue weighted by Crippen LogP contribution is 2.33. The lowest BCUT2D eigenvalue weighted by molar-refractivity contribution is -0.137. The van der Waals surface area contributed by atoms with Crippen LogP contribution in [0.15, 0.2) is 61.2 Å². The van der Waals surface area contributed by atoms with E-state index in [1.165, 1.54) is 18.5 Å². The van der Waals surface area contributed by atoms with Crippen molar-refractivity contribution in [2.45, 2.75) is 25.2 Å². The fraction of sp³-hybridized carbons (Fsp3) is 0.286. The number of hydrogen-bond acceptors (Lipinski definition) is 6. The summed E-state index contributed by atoms with van der Waals surface area (Å²) in [5.41, 5.74) is 1.59. The average molecular weight is 534 g/mol. The van der Waals surface area contributed by atoms with Crippen molar-refractivity contribution in [3.05, 3.63) is 89.1 Å². The van der Waals surface area contributed by atoms with Gasteiger partial charge >= 0.3 is 6.18 Å². The molecule has 200 valence electrons. The van der Waals surface area contributed by atoms with Crippen LogP contribution in [-0.4, -0.2) is 68.5 Å². The second-order valence-electron chi connectivity index (χ2n) is 9.66. The molecule has 39 heavy (non-hydrogen) atoms. The van der Waals surface area contributed by atoms with Crippen molar-refractivity contribution in [3.8, 4) is 11.8 Å². The summed E-state index contributed by atoms with van der Waals surface area (Å²) >= 11 is 0. The molecule has 1 N–H and O–H groups in total. The molecule has 0 radical (unpaired) electrons. The Morgan fingerprint density at radius 2 is 2.00 bits per heavy atom. The fourth-order valence-corrected chi connectivity index (χ4v) is 4.54. The first-order chi connectivity index (χ1) is 18.7. The number of rotatable bonds is 5. The first kappa shape index (κ1) is 26.3. The van der Waals surface area contributed by atoms with Crippen LogP contribution < -0.4 is 5.32 Å². The zero-order valence-electron chi connectivity index (χ0n) is 21.4. The Hall–Kier alpha value is -4.27. The van der Waals surface area contributed by atoms with E-state index < -0.39 is 17.6 Å². The van der Waals surface area contributed by atoms with Crippen molar-refractivity contribution < 1.29 is 18.0 Å². The fourth-order valence-electron chi connectivity index (χ4n) is 4.54. The van der Waals surface area contributed by atoms with Gasteiger partial charge in [0.05, 0.1) is 17.3 Å². The minimum atomic E-state index is -4.55. The molecule has 0 aliphatic carbocycles. The van der Waals surface area contributed by atoms with Crippen LogP contribution in [0.5, 0.6) is 0 Å². The Morgan fingerprint density at radius 1 is 1.15 bits per heavy atom. The molecular formula is C28H26F3N7O. The minimum Gasteiger partial charge on any atom is -0.322 e. The molecule has 1 atom stereocenters. The largest absolute Gasteiger partial charge is 0.416 e. The van der Waals surface area contributed by atoms with E-state index in [1.54, 1.807) is 35.1 Å². The van der Waals surface area contributed by atoms with Crippen molar-refractivity contribution in [1.29, 1.82) is 0 Å². The summed E-state index contributed by atoms with van der Waals surface area (Å²) in [6, 6.07) is 9.15. The van der Waals surface area contributed by atoms with Crippen LogP contribution in [0.25, 0.3) is 5.65 Å². The first-order valence-corrected chi connectivity index (χ1v) is 12.3. The maximum atomic E-state index is 13.7. The van der Waals surface area contributed by atoms with Crippen LogP contribution in [0, 0.1) is 11.8 Å². The van der Waals surface area contributed by atoms with Gasteiger partial charge in [-0.1, -0.05) is 5.92 Å². The normalized spacial score (nSPS) is 15.9. The van der Waals surface area contributed by atoms with Crippen LogP contribution in [0.2, 0.25) is 0 Å². The lowest BCUT2D eigenvalue weighted by atomic mass is 10.1. The van der Waals surface area contributed by atoms with Crippen molar-refractivity contribution >= 4 is 17.2 Å². The van der Waals surface area contributed by atoms with Crippen molar-refractivity contribution in [2.24, 2.45) is 0 Å². The third-order valence-corrected chi connectivity index (χ3v) is 6.58. The van der Waals surface area contributed by atoms with Crippen LogP contribution in [-0.2, 0) is 12.7 Å². The molecule has 1 aromatic carbocycles. The monoisotopic (exact) mass is 533 g/mol. The standard InChI is InChI=1S/C28H26F3N7O/c1-36(2)25-7-9-37(18-25)17-20-11-22(28(29,30)31)13-23(12-20)35-27(39)21-10-19(14-32-15-21)5-6-24-16-33-26-4-3-8-34-38(24)26/h3-4,8,10-16,25H,7,9,17-18H2,1-2H3,(H,35,39)/t25-/m0/s1. The number of hydrogen-bond donors (Lipinski definition) is 1. The number of carbonyl (C=O) groups excluding carboxylic acids is 1. The molecule has 1 amide bonds. The van der Waals surface area contributed by atoms with E-state index in [4.69, 9.17) is 0 Å². The van der Waals surface area contributed by atoms with Gasteiger partial charge in [0.2, 0.25) is 0 Å². The maximum absolute atomic E-state index is 13.7. The zero-order valence-corrected chi connectivity index (χ0v) is 21.4. The average Bonchev–Trinajstić information content (AvgIpc) is 3.54. The molecule has 11 heteroatoms. The topological polar surface area (TPSA) is 78.7 Å². The SMILES string of the molecule is CN(C)[C@H]1CCN(Cc2cc(NC(=O)c3cncc(C#Cc4cnc5cccnn45)c3)cc(C(F)(F)F)c2)C1. The minimum absolute atomic E-state index is 0.0708. The van der Waals surface area contributed by atoms with Crippen LogP contribution in [0.3, 0.4) is 0 Å². The van der Waals surface area contributed by atoms with Crippen molar-refractivity contribution in [3.63, 3.8) is 0 Å². The molecule has 0 unspecified atom stereocenters. The van der Waals surface area contributed by atoms with Gasteiger partial charge in [-0.2, -0.15) is 18.3 Å². The molecule has 0 saturated carbocycles. The number of aromatic nitrogens is 4. The van der Waals surface area contributed by atoms with Gasteiger partial charge in [0.25, 0.3) is 5.91 Å². The number of anilines is 1. The summed E-state index contributed by atoms with van der Waals surface area (Å²) in [5.74, 6) is 5.31. The maximum Gasteiger partial charge on any atom is 0.416 e. The number of alkyl halides is 3. The lowest BCUT2D eigenvalue weighted by Crippen LogP contribution is -2.31. The van der Waals surface area contributed by atoms with E-state index >= 15 is 0 Å². The number of imidazole rings is 1. The van der Waals surface area contributed by atoms with E-state index in [2.05, 4.69) is 42.0 Å². The molecule has 0 bridgehead atoms. The third kappa shape index (κ3) is 6.25. The Labute approximate surface area is 223 Å². The highest BCUT2D eigenvalue weighted by molar-refractivity contribution is 6.04. The Morgan fingerprint density at radius 3 is 2.77 bits per heavy atom. The summed E-state index contributed by atoms with van der Waals surface area (Å²) < 4.78 is 42.6. The number of amides is 1. The summed E-state index contributed by atoms with van der Waals surface area (Å²) in [7, 11) is 4.00. The smallest absolute Gasteiger partial charge is 0.322 e. The van der Waals surface area contributed by atoms with Gasteiger partial charge in [0.1, 0.15) is 5.69 Å². The molecule has 4 heterocycles. The highest BCUT2D eigenvalue weighted by Gasteiger charge is 2.32. The van der Waals surface area contributed by atoms with Gasteiger partial charge in [-0.25, -0.2) is 9.50 Å². The summed E-state index contributed by atoms with van der Waals surface area (Å²) in [5, 5.41) is 6.81. The third-order valence-electron chi connectivity index (χ3n) is 6.58. The number of benzene rings is 1. The summed E-state index contributed by atoms with van der Waals surface area (Å²) in [6.07, 6.45) is 2.47. The number of nitrogens with zero attached hydrogens (tertiary/aromatic N) is 6. The molecule has 1 saturated heterocycles. The molecule has 5 rings (SSSR count). The molecule has 1 aliphatic rings. The van der Waals surface area contributed by atoms with Crippen LogP contribution >= 0.6 is 0 Å². The quantitative estimate of drug-likeness (QED) is 0.392. The molecular weight excluding hydrogens is 507 g/mol. The Balaban J connectivity index is 1.34. The van der Waals surface area contributed by atoms with E-state index in [9.17, 15) is 18.0 Å². The van der Waals surface area contributed by atoms with Crippen molar-refractivity contribution in [1.82, 2.24) is 29.4 Å². The molecule has 4 aromatic rings. The Bertz CT molecular complexity index is 1570. The number of fused-ring (bicyclic) bond motifs is 1. The second kappa shape index (κ2) is 10.8. The first-order valence-electron chi connectivity index (χ1n) is 12.3. The molecule has 0 spiro atoms. The van der Waals surface area contributed by atoms with E-state index in [-0.39, 0.29) is 11.3 Å². The van der Waals surface area contributed by atoms with E-state index in [0.29, 0.717) is 35.1 Å². The van der Waals surface area contributed by atoms with Gasteiger partial charge in [-0.05, 0) is 68.4 Å². The molecule has 1 fully saturated rings.